The fraction of sp³-hybridized carbons (Fsp3) is 0.360. The number of fused-ring (bicyclic) bond motifs is 2. The lowest BCUT2D eigenvalue weighted by atomic mass is 9.93. The highest BCUT2D eigenvalue weighted by Crippen LogP contribution is 2.35. The molecule has 1 saturated carbocycles. The van der Waals surface area contributed by atoms with Crippen LogP contribution >= 0.6 is 0 Å². The molecular weight excluding hydrogens is 470 g/mol. The first-order valence-electron chi connectivity index (χ1n) is 11.9. The van der Waals surface area contributed by atoms with Crippen molar-refractivity contribution in [1.29, 1.82) is 0 Å². The molecule has 186 valence electrons. The predicted molar refractivity (Wildman–Crippen MR) is 126 cm³/mol. The molecule has 36 heavy (non-hydrogen) atoms. The van der Waals surface area contributed by atoms with E-state index in [4.69, 9.17) is 4.74 Å². The minimum absolute atomic E-state index is 0.110. The highest BCUT2D eigenvalue weighted by atomic mass is 19.3. The van der Waals surface area contributed by atoms with Gasteiger partial charge in [0.25, 0.3) is 5.91 Å². The van der Waals surface area contributed by atoms with Crippen molar-refractivity contribution in [1.82, 2.24) is 24.3 Å². The third-order valence-electron chi connectivity index (χ3n) is 6.75. The minimum atomic E-state index is -2.99. The van der Waals surface area contributed by atoms with Crippen LogP contribution in [0.2, 0.25) is 0 Å². The molecule has 4 heterocycles. The SMILES string of the molecule is O=C(/N=c1\[nH]c2ccccc2n1[C@H]1CC[C@@H](O)CC1)c1ccnc(-c2cnn3c2OCC(F)(F)C3)c1. The fourth-order valence-electron chi connectivity index (χ4n) is 4.98. The first-order valence-corrected chi connectivity index (χ1v) is 11.9. The maximum atomic E-state index is 13.7. The average molecular weight is 495 g/mol. The number of hydrogen-bond acceptors (Lipinski definition) is 5. The number of para-hydroxylation sites is 2. The third kappa shape index (κ3) is 4.09. The smallest absolute Gasteiger partial charge is 0.300 e. The van der Waals surface area contributed by atoms with Gasteiger partial charge in [0, 0.05) is 17.8 Å². The summed E-state index contributed by atoms with van der Waals surface area (Å²) in [6.07, 6.45) is 5.55. The van der Waals surface area contributed by atoms with E-state index in [0.717, 1.165) is 28.6 Å². The number of benzene rings is 1. The Kier molecular flexibility index (Phi) is 5.44. The number of aromatic nitrogens is 5. The number of nitrogens with zero attached hydrogens (tertiary/aromatic N) is 5. The van der Waals surface area contributed by atoms with Gasteiger partial charge >= 0.3 is 5.92 Å². The van der Waals surface area contributed by atoms with Gasteiger partial charge in [-0.05, 0) is 49.9 Å². The van der Waals surface area contributed by atoms with Gasteiger partial charge in [-0.25, -0.2) is 13.5 Å². The molecule has 1 aliphatic heterocycles. The Labute approximate surface area is 204 Å². The van der Waals surface area contributed by atoms with Crippen molar-refractivity contribution in [3.63, 3.8) is 0 Å². The van der Waals surface area contributed by atoms with Gasteiger partial charge < -0.3 is 19.4 Å². The van der Waals surface area contributed by atoms with E-state index in [1.165, 1.54) is 12.4 Å². The lowest BCUT2D eigenvalue weighted by molar-refractivity contribution is -0.0793. The Bertz CT molecular complexity index is 1510. The molecule has 6 rings (SSSR count). The molecule has 0 saturated heterocycles. The number of rotatable bonds is 3. The highest BCUT2D eigenvalue weighted by molar-refractivity contribution is 5.96. The number of amides is 1. The standard InChI is InChI=1S/C25H24F2N6O3/c26-25(27)13-32-23(36-14-25)18(12-29-32)20-11-15(9-10-28-20)22(35)31-24-30-19-3-1-2-4-21(19)33(24)16-5-7-17(34)8-6-16/h1-4,9-12,16-17,34H,5-8,13-14H2,(H,30,31,35)/t16-,17+. The van der Waals surface area contributed by atoms with Crippen LogP contribution < -0.4 is 10.4 Å². The van der Waals surface area contributed by atoms with Crippen LogP contribution in [0.15, 0.2) is 53.8 Å². The van der Waals surface area contributed by atoms with Crippen LogP contribution in [0.5, 0.6) is 5.88 Å². The lowest BCUT2D eigenvalue weighted by Crippen LogP contribution is -2.36. The first kappa shape index (κ1) is 22.6. The molecule has 1 fully saturated rings. The van der Waals surface area contributed by atoms with Crippen molar-refractivity contribution in [3.8, 4) is 17.1 Å². The summed E-state index contributed by atoms with van der Waals surface area (Å²) in [5, 5.41) is 14.0. The van der Waals surface area contributed by atoms with E-state index >= 15 is 0 Å². The highest BCUT2D eigenvalue weighted by Gasteiger charge is 2.38. The van der Waals surface area contributed by atoms with E-state index in [0.29, 0.717) is 35.3 Å². The van der Waals surface area contributed by atoms with E-state index in [2.05, 4.69) is 20.1 Å². The summed E-state index contributed by atoms with van der Waals surface area (Å²) in [4.78, 5) is 25.2. The summed E-state index contributed by atoms with van der Waals surface area (Å²) in [6.45, 7) is -1.31. The van der Waals surface area contributed by atoms with Crippen LogP contribution in [0.25, 0.3) is 22.3 Å². The van der Waals surface area contributed by atoms with Crippen LogP contribution in [0.4, 0.5) is 8.78 Å². The molecule has 1 aliphatic carbocycles. The number of aromatic amines is 1. The van der Waals surface area contributed by atoms with E-state index in [9.17, 15) is 18.7 Å². The van der Waals surface area contributed by atoms with Crippen molar-refractivity contribution >= 4 is 16.9 Å². The molecule has 2 aliphatic rings. The third-order valence-corrected chi connectivity index (χ3v) is 6.75. The molecule has 1 amide bonds. The van der Waals surface area contributed by atoms with Crippen molar-refractivity contribution < 1.29 is 23.4 Å². The largest absolute Gasteiger partial charge is 0.471 e. The normalized spacial score (nSPS) is 21.8. The summed E-state index contributed by atoms with van der Waals surface area (Å²) in [7, 11) is 0. The molecule has 0 bridgehead atoms. The number of carbonyl (C=O) groups is 1. The quantitative estimate of drug-likeness (QED) is 0.453. The van der Waals surface area contributed by atoms with Gasteiger partial charge in [-0.1, -0.05) is 12.1 Å². The molecule has 0 spiro atoms. The number of aliphatic hydroxyl groups excluding tert-OH is 1. The summed E-state index contributed by atoms with van der Waals surface area (Å²) in [5.74, 6) is -3.27. The molecular formula is C25H24F2N6O3. The van der Waals surface area contributed by atoms with Crippen molar-refractivity contribution in [2.45, 2.75) is 50.3 Å². The van der Waals surface area contributed by atoms with Crippen molar-refractivity contribution in [3.05, 3.63) is 60.0 Å². The van der Waals surface area contributed by atoms with Crippen LogP contribution in [0.3, 0.4) is 0 Å². The number of hydrogen-bond donors (Lipinski definition) is 2. The Morgan fingerprint density at radius 1 is 1.19 bits per heavy atom. The van der Waals surface area contributed by atoms with Crippen LogP contribution in [0, 0.1) is 0 Å². The van der Waals surface area contributed by atoms with Gasteiger partial charge in [0.2, 0.25) is 11.5 Å². The number of halogens is 2. The number of nitrogens with one attached hydrogen (secondary N) is 1. The van der Waals surface area contributed by atoms with Gasteiger partial charge in [-0.2, -0.15) is 10.1 Å². The molecule has 0 unspecified atom stereocenters. The molecule has 0 radical (unpaired) electrons. The maximum absolute atomic E-state index is 13.7. The second-order valence-corrected chi connectivity index (χ2v) is 9.31. The van der Waals surface area contributed by atoms with Crippen molar-refractivity contribution in [2.24, 2.45) is 4.99 Å². The Morgan fingerprint density at radius 2 is 2.00 bits per heavy atom. The monoisotopic (exact) mass is 494 g/mol. The summed E-state index contributed by atoms with van der Waals surface area (Å²) in [6, 6.07) is 11.0. The summed E-state index contributed by atoms with van der Waals surface area (Å²) >= 11 is 0. The van der Waals surface area contributed by atoms with Gasteiger partial charge in [0.15, 0.2) is 6.61 Å². The Morgan fingerprint density at radius 3 is 2.83 bits per heavy atom. The number of pyridine rings is 1. The molecule has 0 atom stereocenters. The molecule has 2 N–H and O–H groups in total. The zero-order chi connectivity index (χ0) is 24.9. The number of carbonyl (C=O) groups excluding carboxylic acids is 1. The lowest BCUT2D eigenvalue weighted by Gasteiger charge is -2.27. The number of alkyl halides is 2. The van der Waals surface area contributed by atoms with E-state index in [-0.39, 0.29) is 18.0 Å². The van der Waals surface area contributed by atoms with Crippen LogP contribution in [-0.4, -0.2) is 54.0 Å². The van der Waals surface area contributed by atoms with Crippen molar-refractivity contribution in [2.75, 3.05) is 6.61 Å². The Balaban J connectivity index is 1.36. The second-order valence-electron chi connectivity index (χ2n) is 9.31. The molecule has 4 aromatic rings. The van der Waals surface area contributed by atoms with Gasteiger partial charge in [-0.15, -0.1) is 0 Å². The molecule has 1 aromatic carbocycles. The van der Waals surface area contributed by atoms with Crippen LogP contribution in [0.1, 0.15) is 42.1 Å². The second kappa shape index (κ2) is 8.66. The van der Waals surface area contributed by atoms with Gasteiger partial charge in [-0.3, -0.25) is 9.78 Å². The van der Waals surface area contributed by atoms with Gasteiger partial charge in [0.1, 0.15) is 6.54 Å². The average Bonchev–Trinajstić information content (AvgIpc) is 3.44. The van der Waals surface area contributed by atoms with Crippen LogP contribution in [-0.2, 0) is 6.54 Å². The Hall–Kier alpha value is -3.86. The number of H-pyrrole nitrogens is 1. The number of ether oxygens (including phenoxy) is 1. The first-order chi connectivity index (χ1) is 17.4. The number of aliphatic hydroxyl groups is 1. The maximum Gasteiger partial charge on any atom is 0.300 e. The molecule has 3 aromatic heterocycles. The topological polar surface area (TPSA) is 110 Å². The zero-order valence-corrected chi connectivity index (χ0v) is 19.3. The van der Waals surface area contributed by atoms with E-state index in [1.807, 2.05) is 28.8 Å². The number of imidazole rings is 1. The predicted octanol–water partition coefficient (Wildman–Crippen LogP) is 3.47. The summed E-state index contributed by atoms with van der Waals surface area (Å²) < 4.78 is 35.7. The van der Waals surface area contributed by atoms with E-state index < -0.39 is 25.0 Å². The van der Waals surface area contributed by atoms with E-state index in [1.54, 1.807) is 12.1 Å². The molecule has 11 heteroatoms. The fourth-order valence-corrected chi connectivity index (χ4v) is 4.98. The minimum Gasteiger partial charge on any atom is -0.471 e. The zero-order valence-electron chi connectivity index (χ0n) is 19.3. The van der Waals surface area contributed by atoms with Gasteiger partial charge in [0.05, 0.1) is 34.6 Å². The molecule has 9 nitrogen and oxygen atoms in total. The summed E-state index contributed by atoms with van der Waals surface area (Å²) in [5.41, 5.74) is 3.36.